The normalized spacial score (nSPS) is 17.9. The largest absolute Gasteiger partial charge is 0.484 e. The number of nitrogens with one attached hydrogen (secondary N) is 1. The molecular weight excluding hydrogens is 428 g/mol. The van der Waals surface area contributed by atoms with Crippen LogP contribution >= 0.6 is 23.5 Å². The third kappa shape index (κ3) is 6.20. The number of benzene rings is 2. The Morgan fingerprint density at radius 3 is 2.48 bits per heavy atom. The van der Waals surface area contributed by atoms with Crippen molar-refractivity contribution in [3.8, 4) is 5.75 Å². The van der Waals surface area contributed by atoms with Crippen LogP contribution in [0, 0.1) is 5.92 Å². The lowest BCUT2D eigenvalue weighted by Gasteiger charge is -2.31. The summed E-state index contributed by atoms with van der Waals surface area (Å²) in [6, 6.07) is 17.6. The molecule has 4 rings (SSSR count). The maximum absolute atomic E-state index is 12.8. The van der Waals surface area contributed by atoms with Crippen molar-refractivity contribution >= 4 is 41.0 Å². The monoisotopic (exact) mass is 456 g/mol. The zero-order valence-corrected chi connectivity index (χ0v) is 19.1. The highest BCUT2D eigenvalue weighted by atomic mass is 32.2. The minimum atomic E-state index is -0.0684. The smallest absolute Gasteiger partial charge is 0.260 e. The number of anilines is 1. The molecule has 0 radical (unpaired) electrons. The Morgan fingerprint density at radius 1 is 1.00 bits per heavy atom. The van der Waals surface area contributed by atoms with Crippen molar-refractivity contribution in [3.05, 3.63) is 60.2 Å². The van der Waals surface area contributed by atoms with Crippen LogP contribution in [0.4, 0.5) is 5.69 Å². The Morgan fingerprint density at radius 2 is 1.74 bits per heavy atom. The number of hydrogen-bond acceptors (Lipinski definition) is 5. The first-order valence-corrected chi connectivity index (χ1v) is 12.9. The van der Waals surface area contributed by atoms with Crippen molar-refractivity contribution in [1.82, 2.24) is 4.90 Å². The minimum Gasteiger partial charge on any atom is -0.484 e. The van der Waals surface area contributed by atoms with Gasteiger partial charge in [0.2, 0.25) is 5.91 Å². The van der Waals surface area contributed by atoms with Crippen LogP contribution in [-0.4, -0.2) is 47.9 Å². The molecule has 2 amide bonds. The molecule has 2 aromatic rings. The second-order valence-corrected chi connectivity index (χ2v) is 10.5. The van der Waals surface area contributed by atoms with E-state index in [0.717, 1.165) is 5.69 Å². The predicted octanol–water partition coefficient (Wildman–Crippen LogP) is 4.81. The summed E-state index contributed by atoms with van der Waals surface area (Å²) in [6.45, 7) is 1.21. The third-order valence-electron chi connectivity index (χ3n) is 5.58. The molecular formula is C24H28N2O3S2. The van der Waals surface area contributed by atoms with E-state index >= 15 is 0 Å². The molecule has 7 heteroatoms. The highest BCUT2D eigenvalue weighted by Crippen LogP contribution is 2.44. The zero-order valence-electron chi connectivity index (χ0n) is 17.5. The molecule has 2 heterocycles. The molecule has 0 aliphatic carbocycles. The molecule has 2 fully saturated rings. The number of carbonyl (C=O) groups is 2. The van der Waals surface area contributed by atoms with E-state index in [9.17, 15) is 9.59 Å². The zero-order chi connectivity index (χ0) is 21.5. The molecule has 164 valence electrons. The number of thioether (sulfide) groups is 2. The van der Waals surface area contributed by atoms with Crippen LogP contribution in [0.5, 0.6) is 5.75 Å². The molecule has 0 spiro atoms. The summed E-state index contributed by atoms with van der Waals surface area (Å²) in [4.78, 5) is 27.0. The van der Waals surface area contributed by atoms with Crippen LogP contribution in [0.15, 0.2) is 54.6 Å². The van der Waals surface area contributed by atoms with Gasteiger partial charge in [-0.2, -0.15) is 0 Å². The summed E-state index contributed by atoms with van der Waals surface area (Å²) in [5.41, 5.74) is 2.13. The van der Waals surface area contributed by atoms with Crippen molar-refractivity contribution in [2.24, 2.45) is 5.92 Å². The van der Waals surface area contributed by atoms with Gasteiger partial charge >= 0.3 is 0 Å². The lowest BCUT2D eigenvalue weighted by molar-refractivity contribution is -0.136. The molecule has 0 bridgehead atoms. The first kappa shape index (κ1) is 22.1. The molecule has 2 saturated heterocycles. The summed E-state index contributed by atoms with van der Waals surface area (Å²) in [5.74, 6) is 3.04. The molecule has 2 aliphatic rings. The fourth-order valence-electron chi connectivity index (χ4n) is 3.83. The molecule has 31 heavy (non-hydrogen) atoms. The second-order valence-electron chi connectivity index (χ2n) is 7.80. The molecule has 0 unspecified atom stereocenters. The third-order valence-corrected chi connectivity index (χ3v) is 8.59. The van der Waals surface area contributed by atoms with E-state index in [1.165, 1.54) is 23.5 Å². The van der Waals surface area contributed by atoms with Gasteiger partial charge in [0.25, 0.3) is 5.91 Å². The summed E-state index contributed by atoms with van der Waals surface area (Å²) in [5, 5.41) is 3.10. The number of nitrogens with zero attached hydrogens (tertiary/aromatic N) is 1. The fourth-order valence-corrected chi connectivity index (χ4v) is 6.71. The number of carbonyl (C=O) groups excluding carboxylic acids is 2. The number of ether oxygens (including phenoxy) is 1. The van der Waals surface area contributed by atoms with Gasteiger partial charge in [-0.15, -0.1) is 23.5 Å². The van der Waals surface area contributed by atoms with Gasteiger partial charge in [0.05, 0.1) is 4.58 Å². The van der Waals surface area contributed by atoms with Crippen molar-refractivity contribution in [1.29, 1.82) is 0 Å². The summed E-state index contributed by atoms with van der Waals surface area (Å²) < 4.78 is 6.02. The molecule has 0 atom stereocenters. The topological polar surface area (TPSA) is 58.6 Å². The molecule has 2 aliphatic heterocycles. The Labute approximate surface area is 192 Å². The Hall–Kier alpha value is -2.12. The van der Waals surface area contributed by atoms with Crippen molar-refractivity contribution in [2.45, 2.75) is 23.8 Å². The van der Waals surface area contributed by atoms with E-state index in [1.807, 2.05) is 66.0 Å². The lowest BCUT2D eigenvalue weighted by Crippen LogP contribution is -2.43. The van der Waals surface area contributed by atoms with Crippen LogP contribution in [-0.2, 0) is 9.59 Å². The van der Waals surface area contributed by atoms with E-state index in [0.29, 0.717) is 36.3 Å². The van der Waals surface area contributed by atoms with E-state index < -0.39 is 0 Å². The molecule has 2 aromatic carbocycles. The van der Waals surface area contributed by atoms with Gasteiger partial charge in [-0.05, 0) is 60.6 Å². The van der Waals surface area contributed by atoms with Gasteiger partial charge in [-0.3, -0.25) is 9.59 Å². The van der Waals surface area contributed by atoms with Crippen LogP contribution in [0.3, 0.4) is 0 Å². The Balaban J connectivity index is 1.24. The Kier molecular flexibility index (Phi) is 7.81. The number of rotatable bonds is 6. The number of hydrogen-bond donors (Lipinski definition) is 1. The lowest BCUT2D eigenvalue weighted by atomic mass is 9.95. The van der Waals surface area contributed by atoms with E-state index in [-0.39, 0.29) is 24.3 Å². The fraction of sp³-hybridized carbons (Fsp3) is 0.417. The predicted molar refractivity (Wildman–Crippen MR) is 129 cm³/mol. The second kappa shape index (κ2) is 11.0. The van der Waals surface area contributed by atoms with Crippen molar-refractivity contribution in [3.63, 3.8) is 0 Å². The van der Waals surface area contributed by atoms with Gasteiger partial charge in [0, 0.05) is 24.7 Å². The van der Waals surface area contributed by atoms with Crippen LogP contribution in [0.25, 0.3) is 0 Å². The number of para-hydroxylation sites is 1. The Bertz CT molecular complexity index is 879. The average Bonchev–Trinajstić information content (AvgIpc) is 2.84. The number of likely N-dealkylation sites (tertiary alicyclic amines) is 1. The molecule has 0 aromatic heterocycles. The first-order chi connectivity index (χ1) is 15.2. The van der Waals surface area contributed by atoms with E-state index in [2.05, 4.69) is 17.4 Å². The van der Waals surface area contributed by atoms with Crippen molar-refractivity contribution < 1.29 is 14.3 Å². The number of piperidine rings is 1. The minimum absolute atomic E-state index is 0.0297. The highest BCUT2D eigenvalue weighted by Gasteiger charge is 2.27. The van der Waals surface area contributed by atoms with Crippen molar-refractivity contribution in [2.75, 3.05) is 36.5 Å². The highest BCUT2D eigenvalue weighted by molar-refractivity contribution is 8.16. The maximum Gasteiger partial charge on any atom is 0.260 e. The van der Waals surface area contributed by atoms with Gasteiger partial charge in [0.1, 0.15) is 5.75 Å². The summed E-state index contributed by atoms with van der Waals surface area (Å²) in [7, 11) is 0. The quantitative estimate of drug-likeness (QED) is 0.676. The van der Waals surface area contributed by atoms with Gasteiger partial charge in [-0.1, -0.05) is 30.3 Å². The maximum atomic E-state index is 12.8. The van der Waals surface area contributed by atoms with Gasteiger partial charge in [0.15, 0.2) is 6.61 Å². The summed E-state index contributed by atoms with van der Waals surface area (Å²) >= 11 is 3.96. The van der Waals surface area contributed by atoms with E-state index in [1.54, 1.807) is 4.90 Å². The molecule has 0 saturated carbocycles. The summed E-state index contributed by atoms with van der Waals surface area (Å²) in [6.07, 6.45) is 2.62. The first-order valence-electron chi connectivity index (χ1n) is 10.8. The molecule has 5 nitrogen and oxygen atoms in total. The number of amides is 2. The van der Waals surface area contributed by atoms with Crippen LogP contribution < -0.4 is 10.1 Å². The van der Waals surface area contributed by atoms with E-state index in [4.69, 9.17) is 4.74 Å². The van der Waals surface area contributed by atoms with Crippen LogP contribution in [0.2, 0.25) is 0 Å². The molecule has 1 N–H and O–H groups in total. The van der Waals surface area contributed by atoms with Gasteiger partial charge < -0.3 is 15.0 Å². The average molecular weight is 457 g/mol. The standard InChI is InChI=1S/C24H28N2O3S2/c27-22(17-29-21-8-2-1-3-9-21)26-12-10-18(11-13-26)23(28)25-20-7-4-6-19(16-20)24-30-14-5-15-31-24/h1-4,6-9,16,18,24H,5,10-15,17H2,(H,25,28). The van der Waals surface area contributed by atoms with Crippen LogP contribution in [0.1, 0.15) is 29.4 Å². The SMILES string of the molecule is O=C(Nc1cccc(C2SCCCS2)c1)C1CCN(C(=O)COc2ccccc2)CC1. The van der Waals surface area contributed by atoms with Gasteiger partial charge in [-0.25, -0.2) is 0 Å².